The van der Waals surface area contributed by atoms with Crippen molar-refractivity contribution in [3.8, 4) is 0 Å². The molecule has 1 aromatic carbocycles. The van der Waals surface area contributed by atoms with Crippen LogP contribution >= 0.6 is 0 Å². The third-order valence-electron chi connectivity index (χ3n) is 10.5. The first-order chi connectivity index (χ1) is 17.6. The number of aliphatic hydroxyl groups is 3. The summed E-state index contributed by atoms with van der Waals surface area (Å²) >= 11 is 0. The molecule has 0 aromatic heterocycles. The first-order valence-electron chi connectivity index (χ1n) is 14.5. The number of aryl methyl sites for hydroxylation is 1. The lowest BCUT2D eigenvalue weighted by Gasteiger charge is -2.44. The zero-order valence-electron chi connectivity index (χ0n) is 23.0. The van der Waals surface area contributed by atoms with E-state index in [0.717, 1.165) is 30.4 Å². The lowest BCUT2D eigenvalue weighted by atomic mass is 9.61. The van der Waals surface area contributed by atoms with Crippen molar-refractivity contribution < 1.29 is 15.3 Å². The molecule has 1 aromatic rings. The van der Waals surface area contributed by atoms with Crippen molar-refractivity contribution in [1.82, 2.24) is 0 Å². The van der Waals surface area contributed by atoms with E-state index in [0.29, 0.717) is 30.6 Å². The highest BCUT2D eigenvalue weighted by atomic mass is 16.3. The van der Waals surface area contributed by atoms with Gasteiger partial charge in [-0.2, -0.15) is 0 Å². The van der Waals surface area contributed by atoms with Gasteiger partial charge >= 0.3 is 0 Å². The fraction of sp³-hybridized carbons (Fsp3) is 0.588. The molecule has 4 aliphatic rings. The van der Waals surface area contributed by atoms with Gasteiger partial charge in [0.15, 0.2) is 0 Å². The molecule has 7 atom stereocenters. The van der Waals surface area contributed by atoms with Crippen LogP contribution in [0.4, 0.5) is 0 Å². The molecule has 37 heavy (non-hydrogen) atoms. The van der Waals surface area contributed by atoms with Crippen LogP contribution < -0.4 is 0 Å². The number of fused-ring (bicyclic) bond motifs is 1. The Bertz CT molecular complexity index is 1110. The molecule has 3 heteroatoms. The topological polar surface area (TPSA) is 60.7 Å². The second-order valence-corrected chi connectivity index (χ2v) is 12.9. The Morgan fingerprint density at radius 2 is 1.86 bits per heavy atom. The largest absolute Gasteiger partial charge is 0.393 e. The van der Waals surface area contributed by atoms with E-state index in [4.69, 9.17) is 0 Å². The number of hydrogen-bond acceptors (Lipinski definition) is 3. The average molecular weight is 503 g/mol. The highest BCUT2D eigenvalue weighted by Gasteiger charge is 2.51. The molecule has 0 saturated heterocycles. The number of allylic oxidation sites excluding steroid dienone is 4. The van der Waals surface area contributed by atoms with Crippen LogP contribution in [-0.4, -0.2) is 33.6 Å². The molecule has 4 fully saturated rings. The molecule has 3 nitrogen and oxygen atoms in total. The maximum Gasteiger partial charge on any atom is 0.0817 e. The molecule has 3 N–H and O–H groups in total. The van der Waals surface area contributed by atoms with Gasteiger partial charge < -0.3 is 15.3 Å². The Hall–Kier alpha value is -1.94. The van der Waals surface area contributed by atoms with E-state index in [1.54, 1.807) is 0 Å². The Morgan fingerprint density at radius 3 is 2.59 bits per heavy atom. The van der Waals surface area contributed by atoms with E-state index in [9.17, 15) is 15.3 Å². The lowest BCUT2D eigenvalue weighted by molar-refractivity contribution is 0.0862. The number of benzene rings is 1. The predicted octanol–water partition coefficient (Wildman–Crippen LogP) is 6.72. The SMILES string of the molecule is C=C1C(=CC=C2CCC[C@]3(C)[C@@H]([C@H](C)C=C[C@@H](O)C4(c5cccc(C)c5)CC4)CC[C@@H]23)C[C@@H](O)C[C@@H]1O. The van der Waals surface area contributed by atoms with Crippen molar-refractivity contribution in [2.45, 2.75) is 102 Å². The standard InChI is InChI=1S/C34H46O3/c1-22-7-5-9-27(19-22)34(17-18-34)32(37)15-10-23(2)29-13-14-30-25(8-6-16-33(29,30)4)11-12-26-20-28(35)21-31(36)24(26)3/h5,7,9-12,15,19,23,28-32,35-37H,3,6,8,13-14,16-18,20-21H2,1-2,4H3/t23-,28-,29-,30+,31+,32-,33-/m1/s1. The minimum atomic E-state index is -0.635. The normalized spacial score (nSPS) is 37.2. The average Bonchev–Trinajstić information content (AvgIpc) is 3.60. The molecule has 5 rings (SSSR count). The van der Waals surface area contributed by atoms with Crippen LogP contribution in [0.15, 0.2) is 71.9 Å². The van der Waals surface area contributed by atoms with Gasteiger partial charge in [0.1, 0.15) is 0 Å². The highest BCUT2D eigenvalue weighted by Crippen LogP contribution is 2.60. The Morgan fingerprint density at radius 1 is 1.08 bits per heavy atom. The number of rotatable bonds is 6. The van der Waals surface area contributed by atoms with Gasteiger partial charge in [-0.25, -0.2) is 0 Å². The fourth-order valence-electron chi connectivity index (χ4n) is 8.05. The van der Waals surface area contributed by atoms with Gasteiger partial charge in [-0.15, -0.1) is 0 Å². The molecule has 0 spiro atoms. The third kappa shape index (κ3) is 5.07. The Kier molecular flexibility index (Phi) is 7.44. The van der Waals surface area contributed by atoms with E-state index in [1.807, 2.05) is 0 Å². The van der Waals surface area contributed by atoms with Crippen LogP contribution in [0.25, 0.3) is 0 Å². The molecule has 200 valence electrons. The van der Waals surface area contributed by atoms with Gasteiger partial charge in [0, 0.05) is 11.8 Å². The molecule has 0 amide bonds. The van der Waals surface area contributed by atoms with Gasteiger partial charge in [-0.3, -0.25) is 0 Å². The highest BCUT2D eigenvalue weighted by molar-refractivity contribution is 5.39. The molecular formula is C34H46O3. The van der Waals surface area contributed by atoms with Gasteiger partial charge in [0.25, 0.3) is 0 Å². The van der Waals surface area contributed by atoms with E-state index < -0.39 is 18.3 Å². The van der Waals surface area contributed by atoms with E-state index in [2.05, 4.69) is 75.9 Å². The summed E-state index contributed by atoms with van der Waals surface area (Å²) in [5, 5.41) is 31.6. The summed E-state index contributed by atoms with van der Waals surface area (Å²) in [7, 11) is 0. The molecular weight excluding hydrogens is 456 g/mol. The summed E-state index contributed by atoms with van der Waals surface area (Å²) in [5.74, 6) is 1.62. The summed E-state index contributed by atoms with van der Waals surface area (Å²) in [6.07, 6.45) is 16.4. The maximum absolute atomic E-state index is 11.2. The fourth-order valence-corrected chi connectivity index (χ4v) is 8.05. The van der Waals surface area contributed by atoms with Crippen LogP contribution in [-0.2, 0) is 5.41 Å². The smallest absolute Gasteiger partial charge is 0.0817 e. The third-order valence-corrected chi connectivity index (χ3v) is 10.5. The zero-order valence-corrected chi connectivity index (χ0v) is 23.0. The summed E-state index contributed by atoms with van der Waals surface area (Å²) in [6, 6.07) is 8.66. The Labute approximate surface area is 223 Å². The van der Waals surface area contributed by atoms with E-state index in [1.165, 1.54) is 42.4 Å². The summed E-state index contributed by atoms with van der Waals surface area (Å²) < 4.78 is 0. The van der Waals surface area contributed by atoms with Crippen LogP contribution in [0.5, 0.6) is 0 Å². The number of hydrogen-bond donors (Lipinski definition) is 3. The monoisotopic (exact) mass is 502 g/mol. The molecule has 0 heterocycles. The molecule has 0 aliphatic heterocycles. The zero-order chi connectivity index (χ0) is 26.4. The van der Waals surface area contributed by atoms with E-state index in [-0.39, 0.29) is 10.8 Å². The second kappa shape index (κ2) is 10.3. The van der Waals surface area contributed by atoms with Gasteiger partial charge in [-0.05, 0) is 98.2 Å². The molecule has 0 bridgehead atoms. The second-order valence-electron chi connectivity index (χ2n) is 12.9. The first kappa shape index (κ1) is 26.7. The van der Waals surface area contributed by atoms with Crippen molar-refractivity contribution in [2.24, 2.45) is 23.2 Å². The molecule has 4 saturated carbocycles. The van der Waals surface area contributed by atoms with Crippen molar-refractivity contribution in [3.63, 3.8) is 0 Å². The van der Waals surface area contributed by atoms with Gasteiger partial charge in [-0.1, -0.05) is 80.1 Å². The maximum atomic E-state index is 11.2. The van der Waals surface area contributed by atoms with Crippen LogP contribution in [0, 0.1) is 30.1 Å². The van der Waals surface area contributed by atoms with E-state index >= 15 is 0 Å². The van der Waals surface area contributed by atoms with Crippen molar-refractivity contribution >= 4 is 0 Å². The predicted molar refractivity (Wildman–Crippen MR) is 151 cm³/mol. The minimum Gasteiger partial charge on any atom is -0.393 e. The van der Waals surface area contributed by atoms with Crippen LogP contribution in [0.3, 0.4) is 0 Å². The van der Waals surface area contributed by atoms with Crippen molar-refractivity contribution in [3.05, 3.63) is 83.0 Å². The molecule has 0 unspecified atom stereocenters. The van der Waals surface area contributed by atoms with Crippen molar-refractivity contribution in [1.29, 1.82) is 0 Å². The quantitative estimate of drug-likeness (QED) is 0.378. The van der Waals surface area contributed by atoms with Crippen molar-refractivity contribution in [2.75, 3.05) is 0 Å². The molecule has 0 radical (unpaired) electrons. The number of aliphatic hydroxyl groups excluding tert-OH is 3. The summed E-state index contributed by atoms with van der Waals surface area (Å²) in [4.78, 5) is 0. The van der Waals surface area contributed by atoms with Crippen LogP contribution in [0.2, 0.25) is 0 Å². The lowest BCUT2D eigenvalue weighted by Crippen LogP contribution is -2.35. The first-order valence-corrected chi connectivity index (χ1v) is 14.5. The van der Waals surface area contributed by atoms with Crippen LogP contribution in [0.1, 0.15) is 82.8 Å². The Balaban J connectivity index is 1.29. The summed E-state index contributed by atoms with van der Waals surface area (Å²) in [5.41, 5.74) is 6.00. The summed E-state index contributed by atoms with van der Waals surface area (Å²) in [6.45, 7) is 11.1. The van der Waals surface area contributed by atoms with Gasteiger partial charge in [0.05, 0.1) is 18.3 Å². The minimum absolute atomic E-state index is 0.0944. The van der Waals surface area contributed by atoms with Gasteiger partial charge in [0.2, 0.25) is 0 Å². The molecule has 4 aliphatic carbocycles.